The topological polar surface area (TPSA) is 133 Å². The van der Waals surface area contributed by atoms with Crippen LogP contribution >= 0.6 is 22.9 Å². The van der Waals surface area contributed by atoms with Crippen molar-refractivity contribution in [3.63, 3.8) is 0 Å². The summed E-state index contributed by atoms with van der Waals surface area (Å²) in [7, 11) is 0. The molecule has 1 unspecified atom stereocenters. The van der Waals surface area contributed by atoms with Crippen molar-refractivity contribution in [1.29, 1.82) is 0 Å². The molecule has 0 spiro atoms. The number of benzene rings is 1. The minimum absolute atomic E-state index is 0.103. The Kier molecular flexibility index (Phi) is 7.68. The summed E-state index contributed by atoms with van der Waals surface area (Å²) in [6.07, 6.45) is 0. The smallest absolute Gasteiger partial charge is 0.336 e. The fourth-order valence-corrected chi connectivity index (χ4v) is 4.01. The molecule has 0 aliphatic carbocycles. The van der Waals surface area contributed by atoms with Crippen LogP contribution in [-0.4, -0.2) is 40.5 Å². The molecule has 0 radical (unpaired) electrons. The summed E-state index contributed by atoms with van der Waals surface area (Å²) in [4.78, 5) is 21.0. The molecular formula is C13H13AsClNO7S. The van der Waals surface area contributed by atoms with E-state index in [4.69, 9.17) is 22.0 Å². The van der Waals surface area contributed by atoms with E-state index in [0.717, 1.165) is 0 Å². The molecule has 0 aliphatic heterocycles. The van der Waals surface area contributed by atoms with Crippen molar-refractivity contribution in [2.45, 2.75) is 6.92 Å². The van der Waals surface area contributed by atoms with Crippen molar-refractivity contribution in [3.8, 4) is 0 Å². The van der Waals surface area contributed by atoms with Gasteiger partial charge in [0.2, 0.25) is 0 Å². The SMILES string of the molecule is CC(=O)Nc1ccccc1[As](=O)(O)OO.O=C(O)c1csc(Cl)c1. The maximum atomic E-state index is 11.4. The summed E-state index contributed by atoms with van der Waals surface area (Å²) in [5.74, 6) is -1.31. The van der Waals surface area contributed by atoms with E-state index in [-0.39, 0.29) is 21.5 Å². The molecule has 4 N–H and O–H groups in total. The Balaban J connectivity index is 0.000000272. The average molecular weight is 438 g/mol. The van der Waals surface area contributed by atoms with Crippen LogP contribution in [0.3, 0.4) is 0 Å². The van der Waals surface area contributed by atoms with Gasteiger partial charge in [-0.05, 0) is 6.07 Å². The maximum absolute atomic E-state index is 11.4. The first-order valence-electron chi connectivity index (χ1n) is 6.18. The van der Waals surface area contributed by atoms with Crippen LogP contribution < -0.4 is 9.67 Å². The quantitative estimate of drug-likeness (QED) is 0.325. The zero-order chi connectivity index (χ0) is 18.3. The molecule has 2 rings (SSSR count). The Bertz CT molecular complexity index is 779. The number of nitrogens with one attached hydrogen (secondary N) is 1. The van der Waals surface area contributed by atoms with Crippen LogP contribution in [-0.2, 0) is 12.4 Å². The van der Waals surface area contributed by atoms with Crippen LogP contribution in [0.25, 0.3) is 0 Å². The number of hydrogen-bond acceptors (Lipinski definition) is 6. The summed E-state index contributed by atoms with van der Waals surface area (Å²) in [5.41, 5.74) is 0.411. The molecule has 1 aromatic carbocycles. The molecule has 2 aromatic rings. The van der Waals surface area contributed by atoms with Gasteiger partial charge in [-0.2, -0.15) is 0 Å². The van der Waals surface area contributed by atoms with Crippen LogP contribution in [0.4, 0.5) is 5.69 Å². The molecule has 1 amide bonds. The Morgan fingerprint density at radius 1 is 1.33 bits per heavy atom. The molecule has 8 nitrogen and oxygen atoms in total. The van der Waals surface area contributed by atoms with Gasteiger partial charge in [0.1, 0.15) is 0 Å². The molecule has 0 saturated heterocycles. The van der Waals surface area contributed by atoms with Gasteiger partial charge >= 0.3 is 94.4 Å². The summed E-state index contributed by atoms with van der Waals surface area (Å²) in [5, 5.41) is 20.5. The monoisotopic (exact) mass is 437 g/mol. The number of aromatic carboxylic acids is 1. The number of carboxylic acid groups (broad SMARTS) is 1. The van der Waals surface area contributed by atoms with Crippen LogP contribution in [0.1, 0.15) is 17.3 Å². The van der Waals surface area contributed by atoms with Gasteiger partial charge < -0.3 is 5.11 Å². The molecule has 1 heterocycles. The molecule has 1 atom stereocenters. The summed E-state index contributed by atoms with van der Waals surface area (Å²) in [6.45, 7) is 1.27. The zero-order valence-electron chi connectivity index (χ0n) is 12.2. The minimum atomic E-state index is -4.92. The standard InChI is InChI=1S/C8H10AsNO5.C5H3ClO2S/c1-6(11)10-8-5-3-2-4-7(8)9(12,13)15-14;6-4-1-3(2-9-4)5(7)8/h2-5,14H,1H3,(H,10,11)(H,12,13);1-2H,(H,7,8). The van der Waals surface area contributed by atoms with Gasteiger partial charge in [-0.1, -0.05) is 11.6 Å². The van der Waals surface area contributed by atoms with Crippen molar-refractivity contribution in [2.24, 2.45) is 0 Å². The Hall–Kier alpha value is -1.61. The van der Waals surface area contributed by atoms with E-state index in [9.17, 15) is 17.4 Å². The fraction of sp³-hybridized carbons (Fsp3) is 0.0769. The second kappa shape index (κ2) is 9.02. The van der Waals surface area contributed by atoms with E-state index in [1.54, 1.807) is 6.07 Å². The average Bonchev–Trinajstić information content (AvgIpc) is 2.94. The van der Waals surface area contributed by atoms with E-state index in [2.05, 4.69) is 9.19 Å². The third kappa shape index (κ3) is 6.12. The number of thiophene rings is 1. The molecule has 0 saturated carbocycles. The Morgan fingerprint density at radius 2 is 1.96 bits per heavy atom. The van der Waals surface area contributed by atoms with Gasteiger partial charge in [-0.3, -0.25) is 0 Å². The largest absolute Gasteiger partial charge is 0.478 e. The third-order valence-corrected chi connectivity index (χ3v) is 6.10. The number of para-hydroxylation sites is 1. The van der Waals surface area contributed by atoms with Crippen molar-refractivity contribution < 1.29 is 31.7 Å². The van der Waals surface area contributed by atoms with Gasteiger partial charge in [0.05, 0.1) is 9.90 Å². The number of carboxylic acids is 1. The second-order valence-electron chi connectivity index (χ2n) is 4.25. The first-order valence-corrected chi connectivity index (χ1v) is 10.7. The van der Waals surface area contributed by atoms with E-state index < -0.39 is 20.1 Å². The van der Waals surface area contributed by atoms with Crippen molar-refractivity contribution >= 4 is 59.0 Å². The van der Waals surface area contributed by atoms with Crippen LogP contribution in [0.5, 0.6) is 0 Å². The Morgan fingerprint density at radius 3 is 2.38 bits per heavy atom. The van der Waals surface area contributed by atoms with Crippen molar-refractivity contribution in [3.05, 3.63) is 45.6 Å². The first kappa shape index (κ1) is 20.4. The predicted molar refractivity (Wildman–Crippen MR) is 89.0 cm³/mol. The molecule has 0 fully saturated rings. The fourth-order valence-electron chi connectivity index (χ4n) is 1.48. The maximum Gasteiger partial charge on any atom is 0.336 e. The second-order valence-corrected chi connectivity index (χ2v) is 9.32. The minimum Gasteiger partial charge on any atom is -0.478 e. The van der Waals surface area contributed by atoms with Crippen molar-refractivity contribution in [1.82, 2.24) is 0 Å². The number of hydrogen-bond donors (Lipinski definition) is 4. The van der Waals surface area contributed by atoms with E-state index in [0.29, 0.717) is 4.34 Å². The van der Waals surface area contributed by atoms with Crippen LogP contribution in [0, 0.1) is 0 Å². The van der Waals surface area contributed by atoms with Crippen LogP contribution in [0.2, 0.25) is 4.34 Å². The molecule has 1 aromatic heterocycles. The molecule has 24 heavy (non-hydrogen) atoms. The third-order valence-electron chi connectivity index (χ3n) is 2.44. The number of anilines is 1. The number of rotatable bonds is 4. The normalized spacial score (nSPS) is 12.5. The summed E-state index contributed by atoms with van der Waals surface area (Å²) < 4.78 is 24.6. The van der Waals surface area contributed by atoms with Gasteiger partial charge in [-0.15, -0.1) is 11.3 Å². The molecule has 11 heteroatoms. The molecule has 130 valence electrons. The molecule has 0 aliphatic rings. The number of amides is 1. The van der Waals surface area contributed by atoms with Gasteiger partial charge in [-0.25, -0.2) is 4.79 Å². The van der Waals surface area contributed by atoms with Gasteiger partial charge in [0.15, 0.2) is 0 Å². The predicted octanol–water partition coefficient (Wildman–Crippen LogP) is 1.80. The molecular weight excluding hydrogens is 425 g/mol. The van der Waals surface area contributed by atoms with Gasteiger partial charge in [0.25, 0.3) is 0 Å². The number of carbonyl (C=O) groups excluding carboxylic acids is 1. The summed E-state index contributed by atoms with van der Waals surface area (Å²) in [6, 6.07) is 7.27. The van der Waals surface area contributed by atoms with E-state index in [1.807, 2.05) is 0 Å². The van der Waals surface area contributed by atoms with Gasteiger partial charge in [0, 0.05) is 5.38 Å². The van der Waals surface area contributed by atoms with Crippen LogP contribution in [0.15, 0.2) is 35.7 Å². The zero-order valence-corrected chi connectivity index (χ0v) is 15.6. The van der Waals surface area contributed by atoms with E-state index in [1.165, 1.54) is 47.9 Å². The van der Waals surface area contributed by atoms with E-state index >= 15 is 0 Å². The first-order chi connectivity index (χ1) is 11.2. The number of carbonyl (C=O) groups is 2. The van der Waals surface area contributed by atoms with Crippen molar-refractivity contribution in [2.75, 3.05) is 5.32 Å². The number of halogens is 1. The Labute approximate surface area is 148 Å². The summed E-state index contributed by atoms with van der Waals surface area (Å²) >= 11 is 1.75. The molecule has 0 bridgehead atoms.